The smallest absolute Gasteiger partial charge is 0.149 e. The molecule has 3 rings (SSSR count). The Morgan fingerprint density at radius 1 is 1.23 bits per heavy atom. The molecule has 0 amide bonds. The highest BCUT2D eigenvalue weighted by Gasteiger charge is 2.29. The number of hydrogen-bond acceptors (Lipinski definition) is 5. The number of hydrogen-bond donors (Lipinski definition) is 1. The second-order valence-electron chi connectivity index (χ2n) is 5.23. The van der Waals surface area contributed by atoms with Crippen molar-refractivity contribution in [2.45, 2.75) is 18.9 Å². The molecular formula is C17H20N4O. The van der Waals surface area contributed by atoms with Crippen LogP contribution in [0.2, 0.25) is 0 Å². The summed E-state index contributed by atoms with van der Waals surface area (Å²) in [6.45, 7) is 0.615. The van der Waals surface area contributed by atoms with Crippen LogP contribution in [0.5, 0.6) is 5.75 Å². The number of rotatable bonds is 5. The fourth-order valence-electron chi connectivity index (χ4n) is 2.68. The molecule has 1 unspecified atom stereocenters. The molecule has 2 aromatic rings. The van der Waals surface area contributed by atoms with Crippen molar-refractivity contribution in [3.8, 4) is 5.75 Å². The fourth-order valence-corrected chi connectivity index (χ4v) is 2.68. The maximum Gasteiger partial charge on any atom is 0.149 e. The molecular weight excluding hydrogens is 276 g/mol. The second-order valence-corrected chi connectivity index (χ2v) is 5.23. The lowest BCUT2D eigenvalue weighted by Gasteiger charge is -2.23. The third-order valence-electron chi connectivity index (χ3n) is 3.79. The molecule has 0 bridgehead atoms. The Morgan fingerprint density at radius 2 is 2.05 bits per heavy atom. The standard InChI is InChI=1S/C17H20N4O/c1-22-15-7-5-13(6-8-15)16-12-14(9-10-18)20-21(16)17-4-2-3-11-19-17/h2-8,11,16H,9-10,12,18H2,1H3. The SMILES string of the molecule is COc1ccc(C2CC(CCN)=NN2c2ccccn2)cc1. The molecule has 2 heterocycles. The minimum Gasteiger partial charge on any atom is -0.497 e. The van der Waals surface area contributed by atoms with Gasteiger partial charge in [0.15, 0.2) is 0 Å². The van der Waals surface area contributed by atoms with Gasteiger partial charge in [-0.25, -0.2) is 9.99 Å². The van der Waals surface area contributed by atoms with Crippen LogP contribution in [0.1, 0.15) is 24.4 Å². The van der Waals surface area contributed by atoms with Gasteiger partial charge >= 0.3 is 0 Å². The van der Waals surface area contributed by atoms with E-state index in [0.717, 1.165) is 30.1 Å². The van der Waals surface area contributed by atoms with Gasteiger partial charge in [0, 0.05) is 18.3 Å². The molecule has 5 heteroatoms. The maximum atomic E-state index is 5.68. The molecule has 0 radical (unpaired) electrons. The molecule has 22 heavy (non-hydrogen) atoms. The van der Waals surface area contributed by atoms with Gasteiger partial charge in [-0.1, -0.05) is 18.2 Å². The molecule has 1 aliphatic rings. The molecule has 2 N–H and O–H groups in total. The molecule has 0 saturated heterocycles. The van der Waals surface area contributed by atoms with Gasteiger partial charge in [-0.05, 0) is 42.8 Å². The Hall–Kier alpha value is -2.40. The van der Waals surface area contributed by atoms with Gasteiger partial charge in [0.25, 0.3) is 0 Å². The number of nitrogens with zero attached hydrogens (tertiary/aromatic N) is 3. The van der Waals surface area contributed by atoms with E-state index in [4.69, 9.17) is 15.6 Å². The zero-order chi connectivity index (χ0) is 15.4. The third kappa shape index (κ3) is 2.94. The monoisotopic (exact) mass is 296 g/mol. The van der Waals surface area contributed by atoms with Crippen LogP contribution in [0.3, 0.4) is 0 Å². The number of hydrazone groups is 1. The van der Waals surface area contributed by atoms with E-state index < -0.39 is 0 Å². The lowest BCUT2D eigenvalue weighted by molar-refractivity contribution is 0.414. The second kappa shape index (κ2) is 6.58. The van der Waals surface area contributed by atoms with Gasteiger partial charge in [0.2, 0.25) is 0 Å². The van der Waals surface area contributed by atoms with Crippen molar-refractivity contribution >= 4 is 11.5 Å². The van der Waals surface area contributed by atoms with Gasteiger partial charge in [-0.15, -0.1) is 0 Å². The number of benzene rings is 1. The first kappa shape index (κ1) is 14.5. The summed E-state index contributed by atoms with van der Waals surface area (Å²) in [5.41, 5.74) is 8.00. The summed E-state index contributed by atoms with van der Waals surface area (Å²) in [7, 11) is 1.67. The molecule has 5 nitrogen and oxygen atoms in total. The first-order chi connectivity index (χ1) is 10.8. The van der Waals surface area contributed by atoms with E-state index >= 15 is 0 Å². The lowest BCUT2D eigenvalue weighted by atomic mass is 10.0. The van der Waals surface area contributed by atoms with Crippen LogP contribution in [0.15, 0.2) is 53.8 Å². The van der Waals surface area contributed by atoms with E-state index in [1.807, 2.05) is 35.3 Å². The predicted octanol–water partition coefficient (Wildman–Crippen LogP) is 2.75. The van der Waals surface area contributed by atoms with Crippen molar-refractivity contribution in [3.05, 3.63) is 54.2 Å². The molecule has 0 fully saturated rings. The van der Waals surface area contributed by atoms with E-state index in [2.05, 4.69) is 17.1 Å². The number of aromatic nitrogens is 1. The fraction of sp³-hybridized carbons (Fsp3) is 0.294. The summed E-state index contributed by atoms with van der Waals surface area (Å²) in [5.74, 6) is 1.71. The summed E-state index contributed by atoms with van der Waals surface area (Å²) in [6, 6.07) is 14.1. The quantitative estimate of drug-likeness (QED) is 0.921. The summed E-state index contributed by atoms with van der Waals surface area (Å²) in [6.07, 6.45) is 3.48. The lowest BCUT2D eigenvalue weighted by Crippen LogP contribution is -2.19. The molecule has 0 spiro atoms. The largest absolute Gasteiger partial charge is 0.497 e. The van der Waals surface area contributed by atoms with Gasteiger partial charge < -0.3 is 10.5 Å². The average molecular weight is 296 g/mol. The number of ether oxygens (including phenoxy) is 1. The van der Waals surface area contributed by atoms with Crippen LogP contribution in [0.4, 0.5) is 5.82 Å². The minimum atomic E-state index is 0.155. The van der Waals surface area contributed by atoms with Crippen LogP contribution in [0, 0.1) is 0 Å². The maximum absolute atomic E-state index is 5.68. The van der Waals surface area contributed by atoms with Crippen LogP contribution >= 0.6 is 0 Å². The summed E-state index contributed by atoms with van der Waals surface area (Å²) in [5, 5.41) is 6.72. The molecule has 1 atom stereocenters. The zero-order valence-corrected chi connectivity index (χ0v) is 12.6. The minimum absolute atomic E-state index is 0.155. The van der Waals surface area contributed by atoms with Crippen molar-refractivity contribution in [1.82, 2.24) is 4.98 Å². The Labute approximate surface area is 130 Å². The molecule has 1 aromatic carbocycles. The summed E-state index contributed by atoms with van der Waals surface area (Å²) in [4.78, 5) is 4.43. The molecule has 1 aliphatic heterocycles. The Bertz CT molecular complexity index is 639. The summed E-state index contributed by atoms with van der Waals surface area (Å²) >= 11 is 0. The molecule has 0 aliphatic carbocycles. The molecule has 1 aromatic heterocycles. The van der Waals surface area contributed by atoms with Gasteiger partial charge in [0.05, 0.1) is 13.2 Å². The van der Waals surface area contributed by atoms with Gasteiger partial charge in [-0.2, -0.15) is 5.10 Å². The van der Waals surface area contributed by atoms with E-state index in [1.165, 1.54) is 5.56 Å². The number of anilines is 1. The van der Waals surface area contributed by atoms with Gasteiger partial charge in [0.1, 0.15) is 11.6 Å². The van der Waals surface area contributed by atoms with Crippen molar-refractivity contribution in [1.29, 1.82) is 0 Å². The van der Waals surface area contributed by atoms with Gasteiger partial charge in [-0.3, -0.25) is 0 Å². The van der Waals surface area contributed by atoms with E-state index in [1.54, 1.807) is 13.3 Å². The highest BCUT2D eigenvalue weighted by Crippen LogP contribution is 2.35. The Balaban J connectivity index is 1.91. The number of methoxy groups -OCH3 is 1. The van der Waals surface area contributed by atoms with Crippen LogP contribution in [-0.4, -0.2) is 24.4 Å². The van der Waals surface area contributed by atoms with Crippen molar-refractivity contribution < 1.29 is 4.74 Å². The summed E-state index contributed by atoms with van der Waals surface area (Å²) < 4.78 is 5.23. The zero-order valence-electron chi connectivity index (χ0n) is 12.6. The highest BCUT2D eigenvalue weighted by molar-refractivity contribution is 5.88. The normalized spacial score (nSPS) is 17.5. The van der Waals surface area contributed by atoms with E-state index in [9.17, 15) is 0 Å². The van der Waals surface area contributed by atoms with E-state index in [0.29, 0.717) is 6.54 Å². The average Bonchev–Trinajstić information content (AvgIpc) is 3.00. The topological polar surface area (TPSA) is 63.7 Å². The van der Waals surface area contributed by atoms with Crippen molar-refractivity contribution in [2.24, 2.45) is 10.8 Å². The Kier molecular flexibility index (Phi) is 4.34. The van der Waals surface area contributed by atoms with Crippen LogP contribution in [0.25, 0.3) is 0 Å². The first-order valence-electron chi connectivity index (χ1n) is 7.42. The third-order valence-corrected chi connectivity index (χ3v) is 3.79. The molecule has 0 saturated carbocycles. The van der Waals surface area contributed by atoms with E-state index in [-0.39, 0.29) is 6.04 Å². The predicted molar refractivity (Wildman–Crippen MR) is 88.2 cm³/mol. The highest BCUT2D eigenvalue weighted by atomic mass is 16.5. The molecule has 114 valence electrons. The van der Waals surface area contributed by atoms with Crippen LogP contribution in [-0.2, 0) is 0 Å². The number of nitrogens with two attached hydrogens (primary N) is 1. The van der Waals surface area contributed by atoms with Crippen LogP contribution < -0.4 is 15.5 Å². The Morgan fingerprint density at radius 3 is 2.68 bits per heavy atom. The first-order valence-corrected chi connectivity index (χ1v) is 7.42. The van der Waals surface area contributed by atoms with Crippen molar-refractivity contribution in [2.75, 3.05) is 18.7 Å². The van der Waals surface area contributed by atoms with Crippen molar-refractivity contribution in [3.63, 3.8) is 0 Å². The number of pyridine rings is 1.